The molecule has 0 spiro atoms. The Kier molecular flexibility index (Phi) is 5.43. The van der Waals surface area contributed by atoms with Crippen molar-refractivity contribution in [2.24, 2.45) is 20.5 Å². The Bertz CT molecular complexity index is 1140. The Morgan fingerprint density at radius 2 is 1.29 bits per heavy atom. The van der Waals surface area contributed by atoms with Gasteiger partial charge in [0.2, 0.25) is 0 Å². The van der Waals surface area contributed by atoms with Gasteiger partial charge >= 0.3 is 0 Å². The third kappa shape index (κ3) is 4.55. The van der Waals surface area contributed by atoms with Crippen molar-refractivity contribution < 1.29 is 23.2 Å². The number of phenols is 2. The summed E-state index contributed by atoms with van der Waals surface area (Å²) in [4.78, 5) is -0.275. The SMILES string of the molecule is O=S(=O)(O)c1ccc(N=Nc2ccc(O)c(/N=N/c3ccccc3)c2O)cc1. The molecule has 3 N–H and O–H groups in total. The normalized spacial score (nSPS) is 12.0. The molecule has 0 aliphatic rings. The topological polar surface area (TPSA) is 144 Å². The van der Waals surface area contributed by atoms with E-state index in [2.05, 4.69) is 20.5 Å². The number of nitrogens with zero attached hydrogens (tertiary/aromatic N) is 4. The van der Waals surface area contributed by atoms with E-state index in [9.17, 15) is 18.6 Å². The van der Waals surface area contributed by atoms with Gasteiger partial charge in [-0.2, -0.15) is 18.6 Å². The Morgan fingerprint density at radius 3 is 1.93 bits per heavy atom. The average molecular weight is 398 g/mol. The fraction of sp³-hybridized carbons (Fsp3) is 0. The highest BCUT2D eigenvalue weighted by molar-refractivity contribution is 7.85. The minimum Gasteiger partial charge on any atom is -0.505 e. The Labute approximate surface area is 160 Å². The number of aromatic hydroxyl groups is 2. The molecular formula is C18H14N4O5S. The van der Waals surface area contributed by atoms with Crippen LogP contribution in [0.2, 0.25) is 0 Å². The molecule has 0 aliphatic carbocycles. The van der Waals surface area contributed by atoms with E-state index in [1.165, 1.54) is 36.4 Å². The van der Waals surface area contributed by atoms with Gasteiger partial charge in [-0.3, -0.25) is 4.55 Å². The van der Waals surface area contributed by atoms with Gasteiger partial charge in [-0.25, -0.2) is 0 Å². The summed E-state index contributed by atoms with van der Waals surface area (Å²) in [6, 6.07) is 16.4. The molecule has 0 heterocycles. The van der Waals surface area contributed by atoms with Crippen molar-refractivity contribution in [2.45, 2.75) is 4.90 Å². The zero-order valence-electron chi connectivity index (χ0n) is 14.2. The van der Waals surface area contributed by atoms with Crippen LogP contribution in [0, 0.1) is 0 Å². The summed E-state index contributed by atoms with van der Waals surface area (Å²) in [6.07, 6.45) is 0. The standard InChI is InChI=1S/C18H14N4O5S/c23-16-11-10-15(18(24)17(16)22-20-12-4-2-1-3-5-12)21-19-13-6-8-14(9-7-13)28(25,26)27/h1-11,23-24H,(H,25,26,27)/b21-19?,22-20+. The Balaban J connectivity index is 1.87. The van der Waals surface area contributed by atoms with Crippen molar-refractivity contribution in [3.05, 3.63) is 66.7 Å². The van der Waals surface area contributed by atoms with E-state index in [1.807, 2.05) is 6.07 Å². The van der Waals surface area contributed by atoms with Crippen LogP contribution in [0.15, 0.2) is 92.1 Å². The van der Waals surface area contributed by atoms with Crippen LogP contribution in [0.5, 0.6) is 11.5 Å². The monoisotopic (exact) mass is 398 g/mol. The van der Waals surface area contributed by atoms with Crippen molar-refractivity contribution in [1.82, 2.24) is 0 Å². The fourth-order valence-electron chi connectivity index (χ4n) is 2.14. The van der Waals surface area contributed by atoms with Crippen LogP contribution >= 0.6 is 0 Å². The van der Waals surface area contributed by atoms with Crippen molar-refractivity contribution in [2.75, 3.05) is 0 Å². The van der Waals surface area contributed by atoms with Crippen molar-refractivity contribution in [3.8, 4) is 11.5 Å². The Morgan fingerprint density at radius 1 is 0.679 bits per heavy atom. The maximum absolute atomic E-state index is 11.0. The molecule has 0 saturated heterocycles. The van der Waals surface area contributed by atoms with Gasteiger partial charge in [0.1, 0.15) is 11.4 Å². The smallest absolute Gasteiger partial charge is 0.294 e. The van der Waals surface area contributed by atoms with Crippen LogP contribution in [-0.4, -0.2) is 23.2 Å². The molecule has 0 aliphatic heterocycles. The van der Waals surface area contributed by atoms with Crippen LogP contribution in [-0.2, 0) is 10.1 Å². The highest BCUT2D eigenvalue weighted by Gasteiger charge is 2.12. The molecule has 28 heavy (non-hydrogen) atoms. The van der Waals surface area contributed by atoms with Crippen LogP contribution in [0.1, 0.15) is 0 Å². The summed E-state index contributed by atoms with van der Waals surface area (Å²) in [5.41, 5.74) is 0.681. The molecule has 0 amide bonds. The second-order valence-electron chi connectivity index (χ2n) is 5.51. The molecule has 0 fully saturated rings. The van der Waals surface area contributed by atoms with Crippen LogP contribution < -0.4 is 0 Å². The third-order valence-corrected chi connectivity index (χ3v) is 4.41. The van der Waals surface area contributed by atoms with Gasteiger partial charge in [0.05, 0.1) is 16.3 Å². The predicted octanol–water partition coefficient (Wildman–Crippen LogP) is 5.18. The molecule has 0 bridgehead atoms. The van der Waals surface area contributed by atoms with Gasteiger partial charge in [-0.1, -0.05) is 18.2 Å². The Hall–Kier alpha value is -3.63. The molecule has 142 valence electrons. The van der Waals surface area contributed by atoms with Gasteiger partial charge in [0, 0.05) is 0 Å². The maximum Gasteiger partial charge on any atom is 0.294 e. The van der Waals surface area contributed by atoms with E-state index >= 15 is 0 Å². The fourth-order valence-corrected chi connectivity index (χ4v) is 2.62. The second kappa shape index (κ2) is 7.94. The van der Waals surface area contributed by atoms with Gasteiger partial charge in [-0.15, -0.1) is 10.2 Å². The van der Waals surface area contributed by atoms with Crippen molar-refractivity contribution in [1.29, 1.82) is 0 Å². The quantitative estimate of drug-likeness (QED) is 0.401. The molecule has 3 aromatic rings. The molecule has 0 atom stereocenters. The van der Waals surface area contributed by atoms with Crippen LogP contribution in [0.25, 0.3) is 0 Å². The minimum atomic E-state index is -4.30. The van der Waals surface area contributed by atoms with E-state index < -0.39 is 15.9 Å². The average Bonchev–Trinajstić information content (AvgIpc) is 2.68. The number of hydrogen-bond donors (Lipinski definition) is 3. The zero-order chi connectivity index (χ0) is 20.1. The second-order valence-corrected chi connectivity index (χ2v) is 6.93. The first kappa shape index (κ1) is 19.1. The predicted molar refractivity (Wildman–Crippen MR) is 101 cm³/mol. The number of azo groups is 2. The van der Waals surface area contributed by atoms with Crippen molar-refractivity contribution >= 4 is 32.9 Å². The van der Waals surface area contributed by atoms with E-state index in [4.69, 9.17) is 4.55 Å². The lowest BCUT2D eigenvalue weighted by Gasteiger charge is -2.04. The molecule has 0 unspecified atom stereocenters. The van der Waals surface area contributed by atoms with Gasteiger partial charge in [0.25, 0.3) is 10.1 Å². The maximum atomic E-state index is 11.0. The van der Waals surface area contributed by atoms with E-state index in [0.29, 0.717) is 5.69 Å². The summed E-state index contributed by atoms with van der Waals surface area (Å²) in [5.74, 6) is -0.702. The molecule has 0 saturated carbocycles. The lowest BCUT2D eigenvalue weighted by molar-refractivity contribution is 0.453. The number of hydrogen-bond acceptors (Lipinski definition) is 8. The summed E-state index contributed by atoms with van der Waals surface area (Å²) < 4.78 is 31.0. The van der Waals surface area contributed by atoms with E-state index in [-0.39, 0.29) is 27.7 Å². The van der Waals surface area contributed by atoms with Crippen LogP contribution in [0.3, 0.4) is 0 Å². The number of rotatable bonds is 5. The van der Waals surface area contributed by atoms with Gasteiger partial charge < -0.3 is 10.2 Å². The third-order valence-electron chi connectivity index (χ3n) is 3.54. The summed E-state index contributed by atoms with van der Waals surface area (Å²) >= 11 is 0. The summed E-state index contributed by atoms with van der Waals surface area (Å²) in [5, 5.41) is 35.8. The number of phenolic OH excluding ortho intramolecular Hbond substituents is 2. The van der Waals surface area contributed by atoms with Gasteiger partial charge in [0.15, 0.2) is 11.4 Å². The largest absolute Gasteiger partial charge is 0.505 e. The lowest BCUT2D eigenvalue weighted by Crippen LogP contribution is -1.96. The molecule has 10 heteroatoms. The first-order valence-electron chi connectivity index (χ1n) is 7.85. The molecule has 0 aromatic heterocycles. The first-order chi connectivity index (χ1) is 13.3. The van der Waals surface area contributed by atoms with Crippen molar-refractivity contribution in [3.63, 3.8) is 0 Å². The minimum absolute atomic E-state index is 0.0265. The molecule has 0 radical (unpaired) electrons. The van der Waals surface area contributed by atoms with Gasteiger partial charge in [-0.05, 0) is 48.5 Å². The van der Waals surface area contributed by atoms with E-state index in [0.717, 1.165) is 0 Å². The van der Waals surface area contributed by atoms with Crippen LogP contribution in [0.4, 0.5) is 22.7 Å². The highest BCUT2D eigenvalue weighted by atomic mass is 32.2. The molecule has 9 nitrogen and oxygen atoms in total. The van der Waals surface area contributed by atoms with E-state index in [1.54, 1.807) is 24.3 Å². The number of benzene rings is 3. The molecule has 3 rings (SSSR count). The lowest BCUT2D eigenvalue weighted by atomic mass is 10.2. The highest BCUT2D eigenvalue weighted by Crippen LogP contribution is 2.44. The first-order valence-corrected chi connectivity index (χ1v) is 9.29. The summed E-state index contributed by atoms with van der Waals surface area (Å²) in [6.45, 7) is 0. The summed E-state index contributed by atoms with van der Waals surface area (Å²) in [7, 11) is -4.30. The molecular weight excluding hydrogens is 384 g/mol. The molecule has 3 aromatic carbocycles. The zero-order valence-corrected chi connectivity index (χ0v) is 15.0.